The van der Waals surface area contributed by atoms with Gasteiger partial charge in [0.2, 0.25) is 0 Å². The van der Waals surface area contributed by atoms with Gasteiger partial charge >= 0.3 is 5.97 Å². The van der Waals surface area contributed by atoms with E-state index in [9.17, 15) is 4.79 Å². The van der Waals surface area contributed by atoms with Crippen LogP contribution in [0, 0.1) is 0 Å². The maximum Gasteiger partial charge on any atom is 0.330 e. The lowest BCUT2D eigenvalue weighted by Crippen LogP contribution is -2.06. The Hall–Kier alpha value is 0.170. The predicted octanol–water partition coefficient (Wildman–Crippen LogP) is 2.26. The third-order valence-corrected chi connectivity index (χ3v) is 3.43. The van der Waals surface area contributed by atoms with Crippen molar-refractivity contribution < 1.29 is 9.53 Å². The lowest BCUT2D eigenvalue weighted by Gasteiger charge is -2.04. The highest BCUT2D eigenvalue weighted by Crippen LogP contribution is 2.14. The fourth-order valence-electron chi connectivity index (χ4n) is 0.392. The number of methoxy groups -OCH3 is 1. The second-order valence-corrected chi connectivity index (χ2v) is 4.51. The van der Waals surface area contributed by atoms with Crippen molar-refractivity contribution in [3.8, 4) is 0 Å². The van der Waals surface area contributed by atoms with Crippen LogP contribution in [0.1, 0.15) is 6.92 Å². The molecule has 11 heavy (non-hydrogen) atoms. The molecular formula is C7H10Br2O2. The van der Waals surface area contributed by atoms with Crippen LogP contribution in [0.4, 0.5) is 0 Å². The Morgan fingerprint density at radius 2 is 2.09 bits per heavy atom. The Kier molecular flexibility index (Phi) is 5.86. The first-order chi connectivity index (χ1) is 5.07. The molecule has 0 N–H and O–H groups in total. The van der Waals surface area contributed by atoms with Crippen LogP contribution in [-0.4, -0.2) is 22.7 Å². The van der Waals surface area contributed by atoms with Gasteiger partial charge in [-0.1, -0.05) is 44.9 Å². The summed E-state index contributed by atoms with van der Waals surface area (Å²) in [7, 11) is 1.35. The van der Waals surface area contributed by atoms with Crippen molar-refractivity contribution in [1.82, 2.24) is 0 Å². The van der Waals surface area contributed by atoms with Crippen molar-refractivity contribution in [3.05, 3.63) is 12.2 Å². The molecule has 0 aromatic rings. The molecule has 0 spiro atoms. The number of hydrogen-bond donors (Lipinski definition) is 0. The Labute approximate surface area is 83.2 Å². The number of carbonyl (C=O) groups is 1. The van der Waals surface area contributed by atoms with Crippen LogP contribution >= 0.6 is 31.9 Å². The van der Waals surface area contributed by atoms with Crippen LogP contribution < -0.4 is 0 Å². The van der Waals surface area contributed by atoms with Crippen LogP contribution in [-0.2, 0) is 9.53 Å². The van der Waals surface area contributed by atoms with Crippen LogP contribution in [0.2, 0.25) is 0 Å². The molecule has 2 nitrogen and oxygen atoms in total. The molecule has 0 radical (unpaired) electrons. The number of alkyl halides is 2. The summed E-state index contributed by atoms with van der Waals surface area (Å²) in [6.45, 7) is 1.99. The maximum atomic E-state index is 10.6. The molecule has 0 bridgehead atoms. The third kappa shape index (κ3) is 5.44. The molecule has 0 heterocycles. The van der Waals surface area contributed by atoms with E-state index in [2.05, 4.69) is 36.6 Å². The number of ether oxygens (including phenoxy) is 1. The van der Waals surface area contributed by atoms with E-state index < -0.39 is 0 Å². The number of hydrogen-bond acceptors (Lipinski definition) is 2. The first kappa shape index (κ1) is 11.2. The van der Waals surface area contributed by atoms with E-state index in [1.165, 1.54) is 13.2 Å². The number of allylic oxidation sites excluding steroid dienone is 1. The molecule has 2 atom stereocenters. The standard InChI is InChI=1S/C7H10Br2O2/c1-5(8)6(9)3-4-7(10)11-2/h3-6H,1-2H3. The lowest BCUT2D eigenvalue weighted by atomic mass is 10.3. The second kappa shape index (κ2) is 5.77. The molecule has 0 saturated carbocycles. The van der Waals surface area contributed by atoms with Crippen molar-refractivity contribution in [2.24, 2.45) is 0 Å². The van der Waals surface area contributed by atoms with E-state index in [4.69, 9.17) is 0 Å². The van der Waals surface area contributed by atoms with Crippen LogP contribution in [0.15, 0.2) is 12.2 Å². The first-order valence-electron chi connectivity index (χ1n) is 3.12. The topological polar surface area (TPSA) is 26.3 Å². The zero-order valence-corrected chi connectivity index (χ0v) is 9.55. The van der Waals surface area contributed by atoms with Gasteiger partial charge in [-0.25, -0.2) is 4.79 Å². The smallest absolute Gasteiger partial charge is 0.330 e. The number of rotatable bonds is 3. The third-order valence-electron chi connectivity index (χ3n) is 1.06. The monoisotopic (exact) mass is 284 g/mol. The van der Waals surface area contributed by atoms with Crippen molar-refractivity contribution in [2.75, 3.05) is 7.11 Å². The minimum absolute atomic E-state index is 0.154. The van der Waals surface area contributed by atoms with E-state index in [0.29, 0.717) is 4.83 Å². The molecule has 0 aliphatic heterocycles. The summed E-state index contributed by atoms with van der Waals surface area (Å²) in [4.78, 5) is 11.0. The zero-order valence-electron chi connectivity index (χ0n) is 6.38. The van der Waals surface area contributed by atoms with Gasteiger partial charge in [0.25, 0.3) is 0 Å². The van der Waals surface area contributed by atoms with Gasteiger partial charge in [-0.05, 0) is 0 Å². The molecule has 4 heteroatoms. The zero-order chi connectivity index (χ0) is 8.85. The SMILES string of the molecule is COC(=O)C=CC(Br)C(C)Br. The highest BCUT2D eigenvalue weighted by atomic mass is 79.9. The molecule has 0 aromatic heterocycles. The normalized spacial score (nSPS) is 16.4. The highest BCUT2D eigenvalue weighted by molar-refractivity contribution is 9.12. The molecule has 0 saturated heterocycles. The molecule has 2 unspecified atom stereocenters. The van der Waals surface area contributed by atoms with Gasteiger partial charge in [-0.15, -0.1) is 0 Å². The highest BCUT2D eigenvalue weighted by Gasteiger charge is 2.06. The number of carbonyl (C=O) groups excluding carboxylic acids is 1. The van der Waals surface area contributed by atoms with Crippen molar-refractivity contribution in [2.45, 2.75) is 16.6 Å². The van der Waals surface area contributed by atoms with Gasteiger partial charge in [0, 0.05) is 15.7 Å². The minimum atomic E-state index is -0.331. The fraction of sp³-hybridized carbons (Fsp3) is 0.571. The quantitative estimate of drug-likeness (QED) is 0.452. The van der Waals surface area contributed by atoms with Crippen LogP contribution in [0.25, 0.3) is 0 Å². The summed E-state index contributed by atoms with van der Waals surface area (Å²) >= 11 is 6.72. The molecular weight excluding hydrogens is 276 g/mol. The van der Waals surface area contributed by atoms with Crippen molar-refractivity contribution in [3.63, 3.8) is 0 Å². The van der Waals surface area contributed by atoms with Gasteiger partial charge in [0.15, 0.2) is 0 Å². The summed E-state index contributed by atoms with van der Waals surface area (Å²) in [5.41, 5.74) is 0. The predicted molar refractivity (Wildman–Crippen MR) is 52.3 cm³/mol. The Morgan fingerprint density at radius 1 is 1.55 bits per heavy atom. The second-order valence-electron chi connectivity index (χ2n) is 2.00. The summed E-state index contributed by atoms with van der Waals surface area (Å²) in [6.07, 6.45) is 3.14. The molecule has 0 aliphatic rings. The van der Waals surface area contributed by atoms with Gasteiger partial charge in [-0.2, -0.15) is 0 Å². The number of esters is 1. The van der Waals surface area contributed by atoms with Gasteiger partial charge in [-0.3, -0.25) is 0 Å². The maximum absolute atomic E-state index is 10.6. The molecule has 0 rings (SSSR count). The van der Waals surface area contributed by atoms with E-state index in [0.717, 1.165) is 0 Å². The summed E-state index contributed by atoms with van der Waals surface area (Å²) in [6, 6.07) is 0. The molecule has 0 aliphatic carbocycles. The minimum Gasteiger partial charge on any atom is -0.466 e. The molecule has 0 amide bonds. The van der Waals surface area contributed by atoms with Gasteiger partial charge < -0.3 is 4.74 Å². The van der Waals surface area contributed by atoms with E-state index in [1.54, 1.807) is 6.08 Å². The van der Waals surface area contributed by atoms with Gasteiger partial charge in [0.1, 0.15) is 0 Å². The summed E-state index contributed by atoms with van der Waals surface area (Å²) in [5.74, 6) is -0.331. The average Bonchev–Trinajstić information content (AvgIpc) is 1.99. The Bertz CT molecular complexity index is 155. The molecule has 64 valence electrons. The average molecular weight is 286 g/mol. The first-order valence-corrected chi connectivity index (χ1v) is 4.95. The van der Waals surface area contributed by atoms with Crippen molar-refractivity contribution >= 4 is 37.8 Å². The summed E-state index contributed by atoms with van der Waals surface area (Å²) in [5, 5.41) is 0. The van der Waals surface area contributed by atoms with Crippen molar-refractivity contribution in [1.29, 1.82) is 0 Å². The van der Waals surface area contributed by atoms with E-state index in [-0.39, 0.29) is 10.8 Å². The Balaban J connectivity index is 3.82. The lowest BCUT2D eigenvalue weighted by molar-refractivity contribution is -0.134. The van der Waals surface area contributed by atoms with E-state index in [1.807, 2.05) is 6.92 Å². The molecule has 0 aromatic carbocycles. The molecule has 0 fully saturated rings. The summed E-state index contributed by atoms with van der Waals surface area (Å²) < 4.78 is 4.42. The van der Waals surface area contributed by atoms with Crippen LogP contribution in [0.3, 0.4) is 0 Å². The van der Waals surface area contributed by atoms with Gasteiger partial charge in [0.05, 0.1) is 7.11 Å². The fourth-order valence-corrected chi connectivity index (χ4v) is 0.720. The van der Waals surface area contributed by atoms with Crippen LogP contribution in [0.5, 0.6) is 0 Å². The number of halogens is 2. The Morgan fingerprint density at radius 3 is 2.45 bits per heavy atom. The largest absolute Gasteiger partial charge is 0.466 e. The van der Waals surface area contributed by atoms with E-state index >= 15 is 0 Å².